The smallest absolute Gasteiger partial charge is 0.417 e. The molecule has 0 saturated carbocycles. The molecule has 2 rings (SSSR count). The van der Waals surface area contributed by atoms with Crippen molar-refractivity contribution in [3.8, 4) is 5.88 Å². The normalized spacial score (nSPS) is 12.0. The second kappa shape index (κ2) is 9.07. The molecule has 26 heavy (non-hydrogen) atoms. The lowest BCUT2D eigenvalue weighted by molar-refractivity contribution is -0.137. The minimum atomic E-state index is -4.40. The molecule has 5 nitrogen and oxygen atoms in total. The first-order valence-electron chi connectivity index (χ1n) is 8.05. The van der Waals surface area contributed by atoms with Crippen LogP contribution in [-0.2, 0) is 12.7 Å². The Kier molecular flexibility index (Phi) is 6.82. The number of alkyl halides is 3. The van der Waals surface area contributed by atoms with Crippen LogP contribution in [0.4, 0.5) is 13.2 Å². The lowest BCUT2D eigenvalue weighted by Gasteiger charge is -2.13. The quantitative estimate of drug-likeness (QED) is 0.468. The second-order valence-corrected chi connectivity index (χ2v) is 5.51. The van der Waals surface area contributed by atoms with Crippen molar-refractivity contribution in [2.45, 2.75) is 19.6 Å². The highest BCUT2D eigenvalue weighted by Gasteiger charge is 2.30. The molecule has 1 aromatic heterocycles. The van der Waals surface area contributed by atoms with Crippen LogP contribution in [0.2, 0.25) is 0 Å². The lowest BCUT2D eigenvalue weighted by Crippen LogP contribution is -2.39. The average Bonchev–Trinajstić information content (AvgIpc) is 2.62. The van der Waals surface area contributed by atoms with Gasteiger partial charge in [-0.05, 0) is 24.1 Å². The van der Waals surface area contributed by atoms with Gasteiger partial charge in [-0.15, -0.1) is 0 Å². The molecule has 0 unspecified atom stereocenters. The summed E-state index contributed by atoms with van der Waals surface area (Å²) in [7, 11) is 1.66. The number of aliphatic imine (C=N–C) groups is 1. The average molecular weight is 366 g/mol. The van der Waals surface area contributed by atoms with Gasteiger partial charge in [-0.25, -0.2) is 4.98 Å². The number of pyridine rings is 1. The number of ether oxygens (including phenoxy) is 1. The molecule has 0 atom stereocenters. The molecule has 0 bridgehead atoms. The Bertz CT molecular complexity index is 730. The Balaban J connectivity index is 1.73. The Morgan fingerprint density at radius 1 is 1.15 bits per heavy atom. The van der Waals surface area contributed by atoms with Crippen molar-refractivity contribution in [3.05, 3.63) is 59.3 Å². The molecule has 2 N–H and O–H groups in total. The maximum atomic E-state index is 12.5. The van der Waals surface area contributed by atoms with Gasteiger partial charge in [0, 0.05) is 25.9 Å². The van der Waals surface area contributed by atoms with Gasteiger partial charge in [0.2, 0.25) is 5.88 Å². The van der Waals surface area contributed by atoms with Crippen molar-refractivity contribution in [2.24, 2.45) is 4.99 Å². The van der Waals surface area contributed by atoms with Crippen molar-refractivity contribution >= 4 is 5.96 Å². The Hall–Kier alpha value is -2.77. The summed E-state index contributed by atoms with van der Waals surface area (Å²) in [5, 5.41) is 6.26. The maximum absolute atomic E-state index is 12.5. The van der Waals surface area contributed by atoms with Gasteiger partial charge in [-0.3, -0.25) is 4.99 Å². The molecule has 0 saturated heterocycles. The summed E-state index contributed by atoms with van der Waals surface area (Å²) in [5.74, 6) is 0.750. The third-order valence-corrected chi connectivity index (χ3v) is 3.64. The van der Waals surface area contributed by atoms with E-state index in [0.717, 1.165) is 12.3 Å². The molecule has 1 heterocycles. The van der Waals surface area contributed by atoms with Crippen LogP contribution in [0, 0.1) is 6.92 Å². The van der Waals surface area contributed by atoms with E-state index in [1.54, 1.807) is 7.05 Å². The van der Waals surface area contributed by atoms with E-state index in [2.05, 4.69) is 20.6 Å². The monoisotopic (exact) mass is 366 g/mol. The maximum Gasteiger partial charge on any atom is 0.417 e. The van der Waals surface area contributed by atoms with Gasteiger partial charge in [-0.2, -0.15) is 13.2 Å². The molecule has 0 spiro atoms. The Morgan fingerprint density at radius 3 is 2.54 bits per heavy atom. The molecule has 140 valence electrons. The molecule has 2 aromatic rings. The molecule has 0 aliphatic rings. The highest BCUT2D eigenvalue weighted by Crippen LogP contribution is 2.29. The topological polar surface area (TPSA) is 58.5 Å². The van der Waals surface area contributed by atoms with Crippen LogP contribution in [0.15, 0.2) is 47.6 Å². The van der Waals surface area contributed by atoms with E-state index in [9.17, 15) is 13.2 Å². The van der Waals surface area contributed by atoms with Crippen molar-refractivity contribution in [3.63, 3.8) is 0 Å². The first kappa shape index (κ1) is 19.6. The summed E-state index contributed by atoms with van der Waals surface area (Å²) in [6.45, 7) is 3.34. The molecule has 0 aliphatic carbocycles. The van der Waals surface area contributed by atoms with Crippen LogP contribution in [0.3, 0.4) is 0 Å². The SMILES string of the molecule is CN=C(NCCOc1ccc(C(F)(F)F)cn1)NCc1ccccc1C. The zero-order chi connectivity index (χ0) is 19.0. The molecular formula is C18H21F3N4O. The number of nitrogens with zero attached hydrogens (tertiary/aromatic N) is 2. The molecular weight excluding hydrogens is 345 g/mol. The van der Waals surface area contributed by atoms with Crippen molar-refractivity contribution in [1.82, 2.24) is 15.6 Å². The van der Waals surface area contributed by atoms with Crippen molar-refractivity contribution < 1.29 is 17.9 Å². The predicted molar refractivity (Wildman–Crippen MR) is 94.1 cm³/mol. The number of hydrogen-bond donors (Lipinski definition) is 2. The van der Waals surface area contributed by atoms with E-state index < -0.39 is 11.7 Å². The number of halogens is 3. The van der Waals surface area contributed by atoms with E-state index in [0.29, 0.717) is 19.0 Å². The fraction of sp³-hybridized carbons (Fsp3) is 0.333. The van der Waals surface area contributed by atoms with Crippen LogP contribution in [0.1, 0.15) is 16.7 Å². The van der Waals surface area contributed by atoms with Gasteiger partial charge in [0.25, 0.3) is 0 Å². The summed E-state index contributed by atoms with van der Waals surface area (Å²) in [6.07, 6.45) is -3.65. The van der Waals surface area contributed by atoms with E-state index in [-0.39, 0.29) is 12.5 Å². The van der Waals surface area contributed by atoms with Crippen LogP contribution in [-0.4, -0.2) is 31.1 Å². The summed E-state index contributed by atoms with van der Waals surface area (Å²) in [4.78, 5) is 7.77. The number of aromatic nitrogens is 1. The summed E-state index contributed by atoms with van der Waals surface area (Å²) < 4.78 is 42.7. The lowest BCUT2D eigenvalue weighted by atomic mass is 10.1. The van der Waals surface area contributed by atoms with Gasteiger partial charge in [-0.1, -0.05) is 24.3 Å². The Labute approximate surface area is 150 Å². The van der Waals surface area contributed by atoms with E-state index in [4.69, 9.17) is 4.74 Å². The minimum Gasteiger partial charge on any atom is -0.476 e. The van der Waals surface area contributed by atoms with Gasteiger partial charge in [0.15, 0.2) is 5.96 Å². The van der Waals surface area contributed by atoms with Gasteiger partial charge >= 0.3 is 6.18 Å². The zero-order valence-electron chi connectivity index (χ0n) is 14.6. The first-order valence-corrected chi connectivity index (χ1v) is 8.05. The summed E-state index contributed by atoms with van der Waals surface area (Å²) >= 11 is 0. The number of hydrogen-bond acceptors (Lipinski definition) is 3. The number of nitrogens with one attached hydrogen (secondary N) is 2. The largest absolute Gasteiger partial charge is 0.476 e. The third kappa shape index (κ3) is 5.94. The van der Waals surface area contributed by atoms with Crippen LogP contribution < -0.4 is 15.4 Å². The first-order chi connectivity index (χ1) is 12.4. The fourth-order valence-electron chi connectivity index (χ4n) is 2.17. The zero-order valence-corrected chi connectivity index (χ0v) is 14.6. The Morgan fingerprint density at radius 2 is 1.92 bits per heavy atom. The molecule has 0 fully saturated rings. The standard InChI is InChI=1S/C18H21F3N4O/c1-13-5-3-4-6-14(13)11-25-17(22-2)23-9-10-26-16-8-7-15(12-24-16)18(19,20)21/h3-8,12H,9-11H2,1-2H3,(H2,22,23,25). The van der Waals surface area contributed by atoms with E-state index in [1.165, 1.54) is 17.2 Å². The molecule has 0 radical (unpaired) electrons. The molecule has 0 aliphatic heterocycles. The fourth-order valence-corrected chi connectivity index (χ4v) is 2.17. The molecule has 0 amide bonds. The molecule has 1 aromatic carbocycles. The highest BCUT2D eigenvalue weighted by atomic mass is 19.4. The summed E-state index contributed by atoms with van der Waals surface area (Å²) in [6, 6.07) is 10.2. The number of guanidine groups is 1. The van der Waals surface area contributed by atoms with E-state index in [1.807, 2.05) is 31.2 Å². The highest BCUT2D eigenvalue weighted by molar-refractivity contribution is 5.79. The van der Waals surface area contributed by atoms with Crippen LogP contribution in [0.5, 0.6) is 5.88 Å². The van der Waals surface area contributed by atoms with Gasteiger partial charge in [0.1, 0.15) is 6.61 Å². The van der Waals surface area contributed by atoms with Crippen molar-refractivity contribution in [1.29, 1.82) is 0 Å². The van der Waals surface area contributed by atoms with Crippen LogP contribution in [0.25, 0.3) is 0 Å². The van der Waals surface area contributed by atoms with Crippen molar-refractivity contribution in [2.75, 3.05) is 20.2 Å². The second-order valence-electron chi connectivity index (χ2n) is 5.51. The molecule has 8 heteroatoms. The van der Waals surface area contributed by atoms with E-state index >= 15 is 0 Å². The summed E-state index contributed by atoms with van der Waals surface area (Å²) in [5.41, 5.74) is 1.55. The number of rotatable bonds is 6. The van der Waals surface area contributed by atoms with Gasteiger partial charge in [0.05, 0.1) is 12.1 Å². The van der Waals surface area contributed by atoms with Gasteiger partial charge < -0.3 is 15.4 Å². The number of aryl methyl sites for hydroxylation is 1. The van der Waals surface area contributed by atoms with Crippen LogP contribution >= 0.6 is 0 Å². The third-order valence-electron chi connectivity index (χ3n) is 3.64. The minimum absolute atomic E-state index is 0.141. The number of benzene rings is 1. The predicted octanol–water partition coefficient (Wildman–Crippen LogP) is 3.15.